The Morgan fingerprint density at radius 1 is 1.50 bits per heavy atom. The van der Waals surface area contributed by atoms with Crippen LogP contribution in [0.5, 0.6) is 0 Å². The molecule has 1 rings (SSSR count). The van der Waals surface area contributed by atoms with E-state index in [2.05, 4.69) is 5.32 Å². The topological polar surface area (TPSA) is 55.1 Å². The van der Waals surface area contributed by atoms with Gasteiger partial charge in [-0.3, -0.25) is 4.79 Å². The number of nitrogens with two attached hydrogens (primary N) is 1. The fraction of sp³-hybridized carbons (Fsp3) is 0.900. The molecule has 0 radical (unpaired) electrons. The summed E-state index contributed by atoms with van der Waals surface area (Å²) in [4.78, 5) is 11.2. The summed E-state index contributed by atoms with van der Waals surface area (Å²) in [6, 6.07) is 0. The number of rotatable bonds is 3. The molecule has 0 aromatic heterocycles. The lowest BCUT2D eigenvalue weighted by Gasteiger charge is -2.25. The van der Waals surface area contributed by atoms with Gasteiger partial charge in [-0.15, -0.1) is 0 Å². The third kappa shape index (κ3) is 2.94. The summed E-state index contributed by atoms with van der Waals surface area (Å²) in [7, 11) is 0. The summed E-state index contributed by atoms with van der Waals surface area (Å²) >= 11 is 0. The lowest BCUT2D eigenvalue weighted by molar-refractivity contribution is -0.131. The molecule has 0 unspecified atom stereocenters. The zero-order valence-corrected chi connectivity index (χ0v) is 8.90. The Kier molecular flexibility index (Phi) is 3.14. The number of carbonyl (C=O) groups is 1. The molecule has 82 valence electrons. The molecule has 1 saturated carbocycles. The molecule has 3 N–H and O–H groups in total. The summed E-state index contributed by atoms with van der Waals surface area (Å²) in [6.45, 7) is 2.89. The number of alkyl halides is 1. The van der Waals surface area contributed by atoms with Crippen LogP contribution in [0.1, 0.15) is 39.5 Å². The summed E-state index contributed by atoms with van der Waals surface area (Å²) in [5.41, 5.74) is 3.90. The number of halogens is 1. The highest BCUT2D eigenvalue weighted by atomic mass is 19.1. The SMILES string of the molecule is CC(C)(F)C(=O)NCC1(N)CCCC1. The third-order valence-electron chi connectivity index (χ3n) is 2.74. The van der Waals surface area contributed by atoms with Gasteiger partial charge in [0.2, 0.25) is 0 Å². The maximum Gasteiger partial charge on any atom is 0.257 e. The minimum Gasteiger partial charge on any atom is -0.351 e. The van der Waals surface area contributed by atoms with Gasteiger partial charge in [-0.25, -0.2) is 4.39 Å². The van der Waals surface area contributed by atoms with Crippen molar-refractivity contribution in [2.45, 2.75) is 50.7 Å². The number of hydrogen-bond acceptors (Lipinski definition) is 2. The molecule has 3 nitrogen and oxygen atoms in total. The lowest BCUT2D eigenvalue weighted by atomic mass is 9.99. The molecule has 0 aromatic carbocycles. The Balaban J connectivity index is 2.37. The molecule has 1 fully saturated rings. The molecule has 4 heteroatoms. The van der Waals surface area contributed by atoms with E-state index in [1.165, 1.54) is 13.8 Å². The summed E-state index contributed by atoms with van der Waals surface area (Å²) < 4.78 is 13.1. The van der Waals surface area contributed by atoms with Crippen LogP contribution in [0.25, 0.3) is 0 Å². The standard InChI is InChI=1S/C10H19FN2O/c1-9(2,11)8(14)13-7-10(12)5-3-4-6-10/h3-7,12H2,1-2H3,(H,13,14). The Labute approximate surface area is 84.2 Å². The van der Waals surface area contributed by atoms with E-state index < -0.39 is 11.6 Å². The van der Waals surface area contributed by atoms with E-state index in [0.29, 0.717) is 6.54 Å². The molecular formula is C10H19FN2O. The molecule has 0 bridgehead atoms. The molecular weight excluding hydrogens is 183 g/mol. The maximum absolute atomic E-state index is 13.1. The molecule has 0 spiro atoms. The average molecular weight is 202 g/mol. The predicted molar refractivity (Wildman–Crippen MR) is 53.6 cm³/mol. The Morgan fingerprint density at radius 2 is 2.00 bits per heavy atom. The van der Waals surface area contributed by atoms with Crippen LogP contribution in [-0.2, 0) is 4.79 Å². The van der Waals surface area contributed by atoms with Gasteiger partial charge in [0.05, 0.1) is 0 Å². The molecule has 0 saturated heterocycles. The van der Waals surface area contributed by atoms with Crippen LogP contribution in [0, 0.1) is 0 Å². The van der Waals surface area contributed by atoms with Gasteiger partial charge in [0.1, 0.15) is 0 Å². The van der Waals surface area contributed by atoms with E-state index in [9.17, 15) is 9.18 Å². The summed E-state index contributed by atoms with van der Waals surface area (Å²) in [5, 5.41) is 2.57. The van der Waals surface area contributed by atoms with Crippen LogP contribution in [0.4, 0.5) is 4.39 Å². The Hall–Kier alpha value is -0.640. The first kappa shape index (κ1) is 11.4. The van der Waals surface area contributed by atoms with Gasteiger partial charge in [-0.2, -0.15) is 0 Å². The quantitative estimate of drug-likeness (QED) is 0.720. The van der Waals surface area contributed by atoms with Crippen molar-refractivity contribution in [3.05, 3.63) is 0 Å². The van der Waals surface area contributed by atoms with Crippen molar-refractivity contribution in [1.82, 2.24) is 5.32 Å². The van der Waals surface area contributed by atoms with Gasteiger partial charge in [0.25, 0.3) is 5.91 Å². The molecule has 1 aliphatic rings. The van der Waals surface area contributed by atoms with Gasteiger partial charge >= 0.3 is 0 Å². The second-order valence-electron chi connectivity index (χ2n) is 4.72. The van der Waals surface area contributed by atoms with Gasteiger partial charge in [0, 0.05) is 12.1 Å². The van der Waals surface area contributed by atoms with Crippen LogP contribution in [0.15, 0.2) is 0 Å². The fourth-order valence-corrected chi connectivity index (χ4v) is 1.72. The second-order valence-corrected chi connectivity index (χ2v) is 4.72. The molecule has 0 heterocycles. The number of amides is 1. The average Bonchev–Trinajstić information content (AvgIpc) is 2.47. The van der Waals surface area contributed by atoms with Crippen molar-refractivity contribution >= 4 is 5.91 Å². The first-order chi connectivity index (χ1) is 6.33. The van der Waals surface area contributed by atoms with E-state index in [4.69, 9.17) is 5.73 Å². The second kappa shape index (κ2) is 3.85. The Morgan fingerprint density at radius 3 is 2.43 bits per heavy atom. The molecule has 0 atom stereocenters. The number of hydrogen-bond donors (Lipinski definition) is 2. The van der Waals surface area contributed by atoms with Crippen LogP contribution in [0.2, 0.25) is 0 Å². The van der Waals surface area contributed by atoms with E-state index >= 15 is 0 Å². The minimum absolute atomic E-state index is 0.305. The van der Waals surface area contributed by atoms with Crippen molar-refractivity contribution in [2.24, 2.45) is 5.73 Å². The van der Waals surface area contributed by atoms with E-state index in [-0.39, 0.29) is 5.54 Å². The van der Waals surface area contributed by atoms with Crippen LogP contribution in [-0.4, -0.2) is 23.7 Å². The fourth-order valence-electron chi connectivity index (χ4n) is 1.72. The first-order valence-corrected chi connectivity index (χ1v) is 5.10. The highest BCUT2D eigenvalue weighted by Gasteiger charge is 2.32. The minimum atomic E-state index is -1.81. The predicted octanol–water partition coefficient (Wildman–Crippen LogP) is 1.12. The normalized spacial score (nSPS) is 20.9. The number of carbonyl (C=O) groups excluding carboxylic acids is 1. The first-order valence-electron chi connectivity index (χ1n) is 5.10. The number of nitrogens with one attached hydrogen (secondary N) is 1. The lowest BCUT2D eigenvalue weighted by Crippen LogP contribution is -2.51. The van der Waals surface area contributed by atoms with Crippen molar-refractivity contribution in [2.75, 3.05) is 6.54 Å². The van der Waals surface area contributed by atoms with Gasteiger partial charge in [0.15, 0.2) is 5.67 Å². The van der Waals surface area contributed by atoms with Crippen molar-refractivity contribution in [3.8, 4) is 0 Å². The third-order valence-corrected chi connectivity index (χ3v) is 2.74. The smallest absolute Gasteiger partial charge is 0.257 e. The van der Waals surface area contributed by atoms with Crippen LogP contribution < -0.4 is 11.1 Å². The van der Waals surface area contributed by atoms with Crippen molar-refractivity contribution < 1.29 is 9.18 Å². The van der Waals surface area contributed by atoms with Crippen LogP contribution in [0.3, 0.4) is 0 Å². The largest absolute Gasteiger partial charge is 0.351 e. The monoisotopic (exact) mass is 202 g/mol. The highest BCUT2D eigenvalue weighted by Crippen LogP contribution is 2.26. The maximum atomic E-state index is 13.1. The van der Waals surface area contributed by atoms with Gasteiger partial charge < -0.3 is 11.1 Å². The van der Waals surface area contributed by atoms with Crippen LogP contribution >= 0.6 is 0 Å². The van der Waals surface area contributed by atoms with E-state index in [1.54, 1.807) is 0 Å². The van der Waals surface area contributed by atoms with Crippen molar-refractivity contribution in [1.29, 1.82) is 0 Å². The molecule has 1 aliphatic carbocycles. The zero-order chi connectivity index (χ0) is 10.8. The molecule has 0 aliphatic heterocycles. The van der Waals surface area contributed by atoms with Gasteiger partial charge in [-0.1, -0.05) is 12.8 Å². The molecule has 14 heavy (non-hydrogen) atoms. The van der Waals surface area contributed by atoms with E-state index in [1.807, 2.05) is 0 Å². The highest BCUT2D eigenvalue weighted by molar-refractivity contribution is 5.84. The zero-order valence-electron chi connectivity index (χ0n) is 8.90. The summed E-state index contributed by atoms with van der Waals surface area (Å²) in [6.07, 6.45) is 4.04. The van der Waals surface area contributed by atoms with E-state index in [0.717, 1.165) is 25.7 Å². The van der Waals surface area contributed by atoms with Crippen molar-refractivity contribution in [3.63, 3.8) is 0 Å². The summed E-state index contributed by atoms with van der Waals surface area (Å²) in [5.74, 6) is -0.575. The molecule has 1 amide bonds. The van der Waals surface area contributed by atoms with Gasteiger partial charge in [-0.05, 0) is 26.7 Å². The Bertz CT molecular complexity index is 217. The molecule has 0 aromatic rings.